The molecule has 2 aromatic carbocycles. The molecule has 128 valence electrons. The SMILES string of the molecule is O=[N+]([O-])c1ccc(-c2nn(-c3ccccc3)cc2CNCCO)cc1. The molecule has 7 heteroatoms. The normalized spacial score (nSPS) is 10.8. The van der Waals surface area contributed by atoms with Crippen LogP contribution in [0.15, 0.2) is 60.8 Å². The number of nitrogens with one attached hydrogen (secondary N) is 1. The van der Waals surface area contributed by atoms with E-state index in [4.69, 9.17) is 5.11 Å². The molecule has 0 saturated heterocycles. The van der Waals surface area contributed by atoms with Gasteiger partial charge >= 0.3 is 0 Å². The lowest BCUT2D eigenvalue weighted by Gasteiger charge is -2.03. The molecule has 0 atom stereocenters. The van der Waals surface area contributed by atoms with Crippen molar-refractivity contribution in [2.24, 2.45) is 0 Å². The summed E-state index contributed by atoms with van der Waals surface area (Å²) in [5.74, 6) is 0. The summed E-state index contributed by atoms with van der Waals surface area (Å²) in [6, 6.07) is 16.1. The minimum Gasteiger partial charge on any atom is -0.395 e. The first kappa shape index (κ1) is 16.8. The zero-order chi connectivity index (χ0) is 17.6. The van der Waals surface area contributed by atoms with Gasteiger partial charge in [-0.25, -0.2) is 4.68 Å². The Morgan fingerprint density at radius 2 is 1.84 bits per heavy atom. The molecule has 0 radical (unpaired) electrons. The summed E-state index contributed by atoms with van der Waals surface area (Å²) >= 11 is 0. The second-order valence-electron chi connectivity index (χ2n) is 5.49. The van der Waals surface area contributed by atoms with E-state index in [0.717, 1.165) is 22.5 Å². The number of aliphatic hydroxyl groups is 1. The number of rotatable bonds is 7. The van der Waals surface area contributed by atoms with Gasteiger partial charge in [-0.2, -0.15) is 5.10 Å². The molecule has 2 N–H and O–H groups in total. The van der Waals surface area contributed by atoms with Crippen LogP contribution in [0.1, 0.15) is 5.56 Å². The van der Waals surface area contributed by atoms with E-state index >= 15 is 0 Å². The van der Waals surface area contributed by atoms with Crippen LogP contribution in [0.3, 0.4) is 0 Å². The molecule has 0 unspecified atom stereocenters. The summed E-state index contributed by atoms with van der Waals surface area (Å²) in [6.07, 6.45) is 1.93. The van der Waals surface area contributed by atoms with Crippen LogP contribution < -0.4 is 5.32 Å². The van der Waals surface area contributed by atoms with Gasteiger partial charge in [-0.3, -0.25) is 10.1 Å². The lowest BCUT2D eigenvalue weighted by atomic mass is 10.1. The maximum Gasteiger partial charge on any atom is 0.269 e. The van der Waals surface area contributed by atoms with Crippen LogP contribution in [-0.2, 0) is 6.54 Å². The van der Waals surface area contributed by atoms with Gasteiger partial charge in [-0.05, 0) is 24.3 Å². The Balaban J connectivity index is 1.97. The highest BCUT2D eigenvalue weighted by molar-refractivity contribution is 5.64. The van der Waals surface area contributed by atoms with E-state index in [2.05, 4.69) is 10.4 Å². The molecule has 3 aromatic rings. The van der Waals surface area contributed by atoms with Crippen molar-refractivity contribution in [3.8, 4) is 16.9 Å². The molecule has 1 aromatic heterocycles. The van der Waals surface area contributed by atoms with Gasteiger partial charge in [0.05, 0.1) is 22.9 Å². The summed E-state index contributed by atoms with van der Waals surface area (Å²) in [5, 5.41) is 27.6. The Morgan fingerprint density at radius 1 is 1.12 bits per heavy atom. The van der Waals surface area contributed by atoms with Gasteiger partial charge in [-0.1, -0.05) is 18.2 Å². The van der Waals surface area contributed by atoms with E-state index in [9.17, 15) is 10.1 Å². The lowest BCUT2D eigenvalue weighted by Crippen LogP contribution is -2.17. The summed E-state index contributed by atoms with van der Waals surface area (Å²) in [6.45, 7) is 1.08. The molecular formula is C18H18N4O3. The van der Waals surface area contributed by atoms with Gasteiger partial charge < -0.3 is 10.4 Å². The molecular weight excluding hydrogens is 320 g/mol. The van der Waals surface area contributed by atoms with Crippen LogP contribution in [0.25, 0.3) is 16.9 Å². The topological polar surface area (TPSA) is 93.2 Å². The third-order valence-electron chi connectivity index (χ3n) is 3.77. The van der Waals surface area contributed by atoms with Crippen LogP contribution in [0.2, 0.25) is 0 Å². The van der Waals surface area contributed by atoms with Crippen LogP contribution in [0, 0.1) is 10.1 Å². The molecule has 0 saturated carbocycles. The van der Waals surface area contributed by atoms with E-state index in [1.807, 2.05) is 36.5 Å². The predicted octanol–water partition coefficient (Wildman–Crippen LogP) is 2.53. The highest BCUT2D eigenvalue weighted by atomic mass is 16.6. The van der Waals surface area contributed by atoms with Crippen molar-refractivity contribution in [2.45, 2.75) is 6.54 Å². The molecule has 0 bridgehead atoms. The summed E-state index contributed by atoms with van der Waals surface area (Å²) < 4.78 is 1.78. The fourth-order valence-electron chi connectivity index (χ4n) is 2.54. The minimum atomic E-state index is -0.421. The van der Waals surface area contributed by atoms with E-state index in [1.165, 1.54) is 12.1 Å². The maximum absolute atomic E-state index is 10.8. The van der Waals surface area contributed by atoms with Crippen molar-refractivity contribution in [3.63, 3.8) is 0 Å². The first-order chi connectivity index (χ1) is 12.2. The van der Waals surface area contributed by atoms with Crippen molar-refractivity contribution in [3.05, 3.63) is 76.5 Å². The number of hydrogen-bond donors (Lipinski definition) is 2. The molecule has 0 spiro atoms. The fourth-order valence-corrected chi connectivity index (χ4v) is 2.54. The van der Waals surface area contributed by atoms with Crippen molar-refractivity contribution >= 4 is 5.69 Å². The molecule has 0 amide bonds. The second kappa shape index (κ2) is 7.69. The Hall–Kier alpha value is -3.03. The van der Waals surface area contributed by atoms with Gasteiger partial charge in [0, 0.05) is 42.5 Å². The highest BCUT2D eigenvalue weighted by Crippen LogP contribution is 2.25. The Bertz CT molecular complexity index is 845. The molecule has 0 aliphatic carbocycles. The van der Waals surface area contributed by atoms with Crippen LogP contribution in [0.4, 0.5) is 5.69 Å². The molecule has 3 rings (SSSR count). The molecule has 7 nitrogen and oxygen atoms in total. The zero-order valence-electron chi connectivity index (χ0n) is 13.5. The lowest BCUT2D eigenvalue weighted by molar-refractivity contribution is -0.384. The summed E-state index contributed by atoms with van der Waals surface area (Å²) in [4.78, 5) is 10.4. The van der Waals surface area contributed by atoms with Crippen molar-refractivity contribution in [2.75, 3.05) is 13.2 Å². The molecule has 25 heavy (non-hydrogen) atoms. The van der Waals surface area contributed by atoms with Gasteiger partial charge in [-0.15, -0.1) is 0 Å². The van der Waals surface area contributed by atoms with Crippen LogP contribution in [0.5, 0.6) is 0 Å². The van der Waals surface area contributed by atoms with Crippen LogP contribution >= 0.6 is 0 Å². The number of non-ortho nitro benzene ring substituents is 1. The second-order valence-corrected chi connectivity index (χ2v) is 5.49. The van der Waals surface area contributed by atoms with Gasteiger partial charge in [0.25, 0.3) is 5.69 Å². The Kier molecular flexibility index (Phi) is 5.17. The summed E-state index contributed by atoms with van der Waals surface area (Å²) in [7, 11) is 0. The smallest absolute Gasteiger partial charge is 0.269 e. The highest BCUT2D eigenvalue weighted by Gasteiger charge is 2.13. The zero-order valence-corrected chi connectivity index (χ0v) is 13.5. The number of nitrogens with zero attached hydrogens (tertiary/aromatic N) is 3. The number of para-hydroxylation sites is 1. The number of aromatic nitrogens is 2. The Labute approximate surface area is 144 Å². The molecule has 0 aliphatic rings. The van der Waals surface area contributed by atoms with Crippen LogP contribution in [-0.4, -0.2) is 33.0 Å². The van der Waals surface area contributed by atoms with E-state index in [-0.39, 0.29) is 12.3 Å². The summed E-state index contributed by atoms with van der Waals surface area (Å²) in [5.41, 5.74) is 3.49. The third-order valence-corrected chi connectivity index (χ3v) is 3.77. The van der Waals surface area contributed by atoms with E-state index in [0.29, 0.717) is 13.1 Å². The maximum atomic E-state index is 10.8. The van der Waals surface area contributed by atoms with Gasteiger partial charge in [0.15, 0.2) is 0 Å². The van der Waals surface area contributed by atoms with Crippen molar-refractivity contribution < 1.29 is 10.0 Å². The quantitative estimate of drug-likeness (QED) is 0.392. The molecule has 1 heterocycles. The predicted molar refractivity (Wildman–Crippen MR) is 94.4 cm³/mol. The number of nitro benzene ring substituents is 1. The Morgan fingerprint density at radius 3 is 2.48 bits per heavy atom. The number of hydrogen-bond acceptors (Lipinski definition) is 5. The first-order valence-electron chi connectivity index (χ1n) is 7.89. The molecule has 0 aliphatic heterocycles. The van der Waals surface area contributed by atoms with E-state index < -0.39 is 4.92 Å². The van der Waals surface area contributed by atoms with Crippen molar-refractivity contribution in [1.82, 2.24) is 15.1 Å². The fraction of sp³-hybridized carbons (Fsp3) is 0.167. The van der Waals surface area contributed by atoms with Gasteiger partial charge in [0.1, 0.15) is 0 Å². The van der Waals surface area contributed by atoms with Crippen molar-refractivity contribution in [1.29, 1.82) is 0 Å². The standard InChI is InChI=1S/C18H18N4O3/c23-11-10-19-12-15-13-21(16-4-2-1-3-5-16)20-18(15)14-6-8-17(9-7-14)22(24)25/h1-9,13,19,23H,10-12H2. The number of benzene rings is 2. The minimum absolute atomic E-state index is 0.0474. The van der Waals surface area contributed by atoms with E-state index in [1.54, 1.807) is 16.8 Å². The monoisotopic (exact) mass is 338 g/mol. The number of aliphatic hydroxyl groups excluding tert-OH is 1. The van der Waals surface area contributed by atoms with Gasteiger partial charge in [0.2, 0.25) is 0 Å². The largest absolute Gasteiger partial charge is 0.395 e. The number of nitro groups is 1. The third kappa shape index (κ3) is 3.90. The first-order valence-corrected chi connectivity index (χ1v) is 7.89. The average Bonchev–Trinajstić information content (AvgIpc) is 3.07. The molecule has 0 fully saturated rings. The average molecular weight is 338 g/mol.